The van der Waals surface area contributed by atoms with Crippen LogP contribution in [0.15, 0.2) is 48.5 Å². The molecule has 0 spiro atoms. The summed E-state index contributed by atoms with van der Waals surface area (Å²) < 4.78 is 20.1. The molecule has 6 rings (SSSR count). The normalized spacial score (nSPS) is 23.7. The Labute approximate surface area is 259 Å². The van der Waals surface area contributed by atoms with Gasteiger partial charge in [0, 0.05) is 36.2 Å². The molecule has 0 radical (unpaired) electrons. The van der Waals surface area contributed by atoms with Gasteiger partial charge >= 0.3 is 0 Å². The van der Waals surface area contributed by atoms with Gasteiger partial charge in [0.05, 0.1) is 33.7 Å². The van der Waals surface area contributed by atoms with Crippen molar-refractivity contribution >= 4 is 33.5 Å². The average Bonchev–Trinajstić information content (AvgIpc) is 3.63. The number of carbonyl (C=O) groups excluding carboxylic acids is 1. The Bertz CT molecular complexity index is 1510. The second-order valence-corrected chi connectivity index (χ2v) is 16.2. The van der Waals surface area contributed by atoms with E-state index in [-0.39, 0.29) is 17.7 Å². The van der Waals surface area contributed by atoms with E-state index >= 15 is 0 Å². The Kier molecular flexibility index (Phi) is 8.07. The number of benzene rings is 2. The molecule has 3 aromatic rings. The minimum absolute atomic E-state index is 0.0369. The molecule has 228 valence electrons. The van der Waals surface area contributed by atoms with E-state index in [1.54, 1.807) is 25.2 Å². The third-order valence-corrected chi connectivity index (χ3v) is 12.0. The molecule has 1 saturated heterocycles. The molecule has 2 saturated carbocycles. The smallest absolute Gasteiger partial charge is 0.225 e. The highest BCUT2D eigenvalue weighted by molar-refractivity contribution is 8.24. The summed E-state index contributed by atoms with van der Waals surface area (Å²) in [6.45, 7) is 4.77. The number of nitrogens with one attached hydrogen (secondary N) is 1. The van der Waals surface area contributed by atoms with Crippen molar-refractivity contribution in [2.45, 2.75) is 69.4 Å². The molecule has 3 fully saturated rings. The zero-order valence-corrected chi connectivity index (χ0v) is 26.4. The first-order chi connectivity index (χ1) is 20.5. The number of nitriles is 1. The Morgan fingerprint density at radius 1 is 1.05 bits per heavy atom. The SMILES string of the molecule is CC(C)(O)c1ccc(-c2nc([C@@H]3CCCC[C@H]3C(=O)NC3(C#N)CC3)c(-c3ccc(N4CCS(O)(O)CC4)cc3)s2)cc1. The van der Waals surface area contributed by atoms with Crippen molar-refractivity contribution in [2.75, 3.05) is 29.5 Å². The van der Waals surface area contributed by atoms with Crippen molar-refractivity contribution in [3.63, 3.8) is 0 Å². The van der Waals surface area contributed by atoms with E-state index in [1.807, 2.05) is 24.3 Å². The van der Waals surface area contributed by atoms with E-state index in [0.717, 1.165) is 63.6 Å². The number of nitrogens with zero attached hydrogens (tertiary/aromatic N) is 3. The lowest BCUT2D eigenvalue weighted by atomic mass is 9.76. The Hall–Kier alpha value is -2.94. The molecule has 3 aliphatic rings. The molecule has 2 heterocycles. The number of amides is 1. The average molecular weight is 621 g/mol. The zero-order chi connectivity index (χ0) is 30.4. The predicted molar refractivity (Wildman–Crippen MR) is 173 cm³/mol. The van der Waals surface area contributed by atoms with Crippen molar-refractivity contribution in [2.24, 2.45) is 5.92 Å². The number of carbonyl (C=O) groups is 1. The molecule has 1 aliphatic heterocycles. The second-order valence-electron chi connectivity index (χ2n) is 12.8. The maximum Gasteiger partial charge on any atom is 0.225 e. The first-order valence-electron chi connectivity index (χ1n) is 15.1. The van der Waals surface area contributed by atoms with Crippen LogP contribution in [0, 0.1) is 17.2 Å². The Morgan fingerprint density at radius 3 is 2.28 bits per heavy atom. The molecule has 0 bridgehead atoms. The number of hydrogen-bond acceptors (Lipinski definition) is 8. The highest BCUT2D eigenvalue weighted by atomic mass is 32.3. The van der Waals surface area contributed by atoms with Gasteiger partial charge in [0.15, 0.2) is 0 Å². The fourth-order valence-corrected chi connectivity index (χ4v) is 8.61. The minimum Gasteiger partial charge on any atom is -0.386 e. The van der Waals surface area contributed by atoms with E-state index in [4.69, 9.17) is 4.98 Å². The molecule has 43 heavy (non-hydrogen) atoms. The summed E-state index contributed by atoms with van der Waals surface area (Å²) in [4.78, 5) is 22.0. The number of aromatic nitrogens is 1. The molecule has 10 heteroatoms. The van der Waals surface area contributed by atoms with Crippen molar-refractivity contribution < 1.29 is 19.0 Å². The summed E-state index contributed by atoms with van der Waals surface area (Å²) in [5.41, 5.74) is 3.19. The molecule has 2 aliphatic carbocycles. The van der Waals surface area contributed by atoms with Crippen molar-refractivity contribution in [3.05, 3.63) is 59.8 Å². The summed E-state index contributed by atoms with van der Waals surface area (Å²) in [5, 5.41) is 24.0. The highest BCUT2D eigenvalue weighted by Crippen LogP contribution is 2.47. The van der Waals surface area contributed by atoms with Gasteiger partial charge in [0.1, 0.15) is 10.5 Å². The third kappa shape index (κ3) is 6.47. The van der Waals surface area contributed by atoms with Gasteiger partial charge < -0.3 is 15.3 Å². The quantitative estimate of drug-likeness (QED) is 0.231. The van der Waals surface area contributed by atoms with E-state index in [0.29, 0.717) is 37.4 Å². The fraction of sp³-hybridized carbons (Fsp3) is 0.485. The number of rotatable bonds is 7. The maximum absolute atomic E-state index is 13.6. The van der Waals surface area contributed by atoms with Gasteiger partial charge in [-0.25, -0.2) is 4.98 Å². The Balaban J connectivity index is 1.35. The minimum atomic E-state index is -2.46. The van der Waals surface area contributed by atoms with Crippen LogP contribution in [0.5, 0.6) is 0 Å². The lowest BCUT2D eigenvalue weighted by Gasteiger charge is -2.41. The number of aliphatic hydroxyl groups is 1. The van der Waals surface area contributed by atoms with E-state index in [1.165, 1.54) is 0 Å². The Morgan fingerprint density at radius 2 is 1.67 bits per heavy atom. The van der Waals surface area contributed by atoms with Gasteiger partial charge in [-0.3, -0.25) is 13.9 Å². The molecular weight excluding hydrogens is 581 g/mol. The summed E-state index contributed by atoms with van der Waals surface area (Å²) in [6, 6.07) is 18.5. The van der Waals surface area contributed by atoms with Crippen LogP contribution in [0.4, 0.5) is 5.69 Å². The van der Waals surface area contributed by atoms with Crippen LogP contribution in [0.1, 0.15) is 69.5 Å². The summed E-state index contributed by atoms with van der Waals surface area (Å²) in [6.07, 6.45) is 5.07. The molecule has 0 unspecified atom stereocenters. The summed E-state index contributed by atoms with van der Waals surface area (Å²) in [7, 11) is -2.46. The molecule has 1 amide bonds. The van der Waals surface area contributed by atoms with Gasteiger partial charge in [-0.2, -0.15) is 15.9 Å². The standard InChI is InChI=1S/C33H40N4O4S2/c1-32(2,39)24-11-7-23(8-12-24)31-35-28(26-5-3-4-6-27(26)30(38)36-33(21-34)15-16-33)29(42-31)22-9-13-25(14-10-22)37-17-19-43(40,41)20-18-37/h7-14,26-27,39-41H,3-6,15-20H2,1-2H3,(H,36,38)/t26-,27-/m1/s1. The predicted octanol–water partition coefficient (Wildman–Crippen LogP) is 6.72. The van der Waals surface area contributed by atoms with E-state index in [9.17, 15) is 24.3 Å². The molecule has 2 aromatic carbocycles. The monoisotopic (exact) mass is 620 g/mol. The molecule has 4 N–H and O–H groups in total. The van der Waals surface area contributed by atoms with Gasteiger partial charge in [-0.1, -0.05) is 49.2 Å². The summed E-state index contributed by atoms with van der Waals surface area (Å²) >= 11 is 1.62. The third-order valence-electron chi connectivity index (χ3n) is 9.14. The zero-order valence-electron chi connectivity index (χ0n) is 24.8. The molecule has 8 nitrogen and oxygen atoms in total. The van der Waals surface area contributed by atoms with E-state index < -0.39 is 21.7 Å². The van der Waals surface area contributed by atoms with Crippen LogP contribution < -0.4 is 10.2 Å². The number of thiazole rings is 1. The van der Waals surface area contributed by atoms with Crippen LogP contribution in [-0.2, 0) is 10.4 Å². The lowest BCUT2D eigenvalue weighted by Crippen LogP contribution is -2.42. The van der Waals surface area contributed by atoms with Gasteiger partial charge in [0.25, 0.3) is 0 Å². The first kappa shape index (κ1) is 30.1. The summed E-state index contributed by atoms with van der Waals surface area (Å²) in [5.74, 6) is 0.456. The first-order valence-corrected chi connectivity index (χ1v) is 17.8. The van der Waals surface area contributed by atoms with E-state index in [2.05, 4.69) is 40.6 Å². The van der Waals surface area contributed by atoms with Crippen LogP contribution in [-0.4, -0.2) is 55.2 Å². The molecule has 2 atom stereocenters. The van der Waals surface area contributed by atoms with Crippen molar-refractivity contribution in [1.82, 2.24) is 10.3 Å². The lowest BCUT2D eigenvalue weighted by molar-refractivity contribution is -0.127. The van der Waals surface area contributed by atoms with Crippen LogP contribution in [0.3, 0.4) is 0 Å². The second kappa shape index (κ2) is 11.5. The molecule has 1 aromatic heterocycles. The largest absolute Gasteiger partial charge is 0.386 e. The van der Waals surface area contributed by atoms with Gasteiger partial charge in [-0.15, -0.1) is 11.3 Å². The van der Waals surface area contributed by atoms with Crippen molar-refractivity contribution in [3.8, 4) is 27.1 Å². The van der Waals surface area contributed by atoms with Crippen LogP contribution in [0.2, 0.25) is 0 Å². The van der Waals surface area contributed by atoms with Crippen molar-refractivity contribution in [1.29, 1.82) is 5.26 Å². The van der Waals surface area contributed by atoms with Gasteiger partial charge in [-0.05, 0) is 62.8 Å². The molecular formula is C33H40N4O4S2. The maximum atomic E-state index is 13.6. The highest BCUT2D eigenvalue weighted by Gasteiger charge is 2.47. The number of anilines is 1. The number of hydrogen-bond donors (Lipinski definition) is 4. The topological polar surface area (TPSA) is 130 Å². The fourth-order valence-electron chi connectivity index (χ4n) is 6.23. The van der Waals surface area contributed by atoms with Gasteiger partial charge in [0.2, 0.25) is 5.91 Å². The van der Waals surface area contributed by atoms with Crippen LogP contribution in [0.25, 0.3) is 21.0 Å². The van der Waals surface area contributed by atoms with Crippen LogP contribution >= 0.6 is 21.9 Å².